The SMILES string of the molecule is Cc1cc(Br)c(S(=O)(=O)N[C@@H](CO)C(=O)O)cc1Br. The van der Waals surface area contributed by atoms with E-state index in [9.17, 15) is 13.2 Å². The van der Waals surface area contributed by atoms with Crippen LogP contribution in [0.25, 0.3) is 0 Å². The van der Waals surface area contributed by atoms with Gasteiger partial charge in [0.05, 0.1) is 11.5 Å². The minimum absolute atomic E-state index is 0.107. The molecular weight excluding hydrogens is 406 g/mol. The molecule has 0 aliphatic carbocycles. The lowest BCUT2D eigenvalue weighted by Gasteiger charge is -2.14. The van der Waals surface area contributed by atoms with E-state index in [0.29, 0.717) is 8.95 Å². The van der Waals surface area contributed by atoms with Gasteiger partial charge in [0.15, 0.2) is 0 Å². The largest absolute Gasteiger partial charge is 0.480 e. The van der Waals surface area contributed by atoms with E-state index in [0.717, 1.165) is 5.56 Å². The predicted octanol–water partition coefficient (Wildman–Crippen LogP) is 1.24. The minimum Gasteiger partial charge on any atom is -0.480 e. The molecule has 0 aliphatic rings. The van der Waals surface area contributed by atoms with E-state index in [1.54, 1.807) is 13.0 Å². The fourth-order valence-corrected chi connectivity index (χ4v) is 4.11. The number of halogens is 2. The average molecular weight is 417 g/mol. The average Bonchev–Trinajstić information content (AvgIpc) is 2.30. The molecule has 0 saturated carbocycles. The van der Waals surface area contributed by atoms with Crippen LogP contribution in [0.1, 0.15) is 5.56 Å². The van der Waals surface area contributed by atoms with Crippen molar-refractivity contribution in [1.82, 2.24) is 4.72 Å². The highest BCUT2D eigenvalue weighted by Crippen LogP contribution is 2.28. The maximum absolute atomic E-state index is 12.1. The molecule has 1 atom stereocenters. The zero-order valence-electron chi connectivity index (χ0n) is 9.72. The van der Waals surface area contributed by atoms with Crippen molar-refractivity contribution in [1.29, 1.82) is 0 Å². The van der Waals surface area contributed by atoms with Crippen molar-refractivity contribution in [3.8, 4) is 0 Å². The molecule has 3 N–H and O–H groups in total. The Morgan fingerprint density at radius 3 is 2.42 bits per heavy atom. The zero-order valence-corrected chi connectivity index (χ0v) is 13.7. The Morgan fingerprint density at radius 2 is 1.95 bits per heavy atom. The van der Waals surface area contributed by atoms with Crippen LogP contribution < -0.4 is 4.72 Å². The van der Waals surface area contributed by atoms with Gasteiger partial charge in [-0.2, -0.15) is 4.72 Å². The van der Waals surface area contributed by atoms with Crippen molar-refractivity contribution in [2.75, 3.05) is 6.61 Å². The standard InChI is InChI=1S/C10H11Br2NO5S/c1-5-2-7(12)9(3-6(5)11)19(17,18)13-8(4-14)10(15)16/h2-3,8,13-14H,4H2,1H3,(H,15,16)/t8-/m0/s1. The topological polar surface area (TPSA) is 104 Å². The first-order valence-corrected chi connectivity index (χ1v) is 8.07. The van der Waals surface area contributed by atoms with Gasteiger partial charge in [-0.05, 0) is 40.5 Å². The van der Waals surface area contributed by atoms with Crippen molar-refractivity contribution in [2.45, 2.75) is 17.9 Å². The number of hydrogen-bond donors (Lipinski definition) is 3. The molecule has 9 heteroatoms. The van der Waals surface area contributed by atoms with Crippen LogP contribution in [0, 0.1) is 6.92 Å². The third-order valence-electron chi connectivity index (χ3n) is 2.28. The highest BCUT2D eigenvalue weighted by Gasteiger charge is 2.26. The van der Waals surface area contributed by atoms with Gasteiger partial charge in [-0.25, -0.2) is 8.42 Å². The molecule has 0 aliphatic heterocycles. The first kappa shape index (κ1) is 16.6. The molecule has 106 valence electrons. The number of hydrogen-bond acceptors (Lipinski definition) is 4. The smallest absolute Gasteiger partial charge is 0.324 e. The molecule has 1 aromatic rings. The summed E-state index contributed by atoms with van der Waals surface area (Å²) in [6.45, 7) is 0.950. The third kappa shape index (κ3) is 3.99. The number of carboxylic acids is 1. The van der Waals surface area contributed by atoms with E-state index < -0.39 is 28.6 Å². The molecule has 0 unspecified atom stereocenters. The van der Waals surface area contributed by atoms with E-state index in [1.165, 1.54) is 6.07 Å². The number of benzene rings is 1. The molecule has 0 amide bonds. The van der Waals surface area contributed by atoms with Crippen molar-refractivity contribution in [2.24, 2.45) is 0 Å². The first-order valence-electron chi connectivity index (χ1n) is 5.00. The quantitative estimate of drug-likeness (QED) is 0.669. The molecular formula is C10H11Br2NO5S. The number of sulfonamides is 1. The second-order valence-corrected chi connectivity index (χ2v) is 7.12. The van der Waals surface area contributed by atoms with Crippen molar-refractivity contribution >= 4 is 47.9 Å². The summed E-state index contributed by atoms with van der Waals surface area (Å²) in [6, 6.07) is 1.36. The van der Waals surface area contributed by atoms with Gasteiger partial charge in [-0.3, -0.25) is 4.79 Å². The fraction of sp³-hybridized carbons (Fsp3) is 0.300. The molecule has 0 radical (unpaired) electrons. The summed E-state index contributed by atoms with van der Waals surface area (Å²) >= 11 is 6.32. The summed E-state index contributed by atoms with van der Waals surface area (Å²) in [6.07, 6.45) is 0. The van der Waals surface area contributed by atoms with Crippen LogP contribution in [0.15, 0.2) is 26.0 Å². The number of rotatable bonds is 5. The lowest BCUT2D eigenvalue weighted by molar-refractivity contribution is -0.139. The predicted molar refractivity (Wildman–Crippen MR) is 75.4 cm³/mol. The number of carboxylic acid groups (broad SMARTS) is 1. The molecule has 0 bridgehead atoms. The number of nitrogens with one attached hydrogen (secondary N) is 1. The second kappa shape index (κ2) is 6.31. The van der Waals surface area contributed by atoms with Crippen LogP contribution in [0.5, 0.6) is 0 Å². The van der Waals surface area contributed by atoms with Crippen LogP contribution in [-0.4, -0.2) is 37.2 Å². The summed E-state index contributed by atoms with van der Waals surface area (Å²) in [5.74, 6) is -1.45. The summed E-state index contributed by atoms with van der Waals surface area (Å²) in [5, 5.41) is 17.6. The van der Waals surface area contributed by atoms with E-state index in [2.05, 4.69) is 31.9 Å². The third-order valence-corrected chi connectivity index (χ3v) is 5.57. The Kier molecular flexibility index (Phi) is 5.51. The molecule has 19 heavy (non-hydrogen) atoms. The Labute approximate surface area is 127 Å². The Hall–Kier alpha value is -0.480. The van der Waals surface area contributed by atoms with Gasteiger partial charge in [0, 0.05) is 8.95 Å². The zero-order chi connectivity index (χ0) is 14.8. The summed E-state index contributed by atoms with van der Waals surface area (Å²) < 4.78 is 26.9. The van der Waals surface area contributed by atoms with E-state index in [1.807, 2.05) is 4.72 Å². The molecule has 0 aromatic heterocycles. The molecule has 0 fully saturated rings. The molecule has 0 heterocycles. The summed E-state index contributed by atoms with van der Waals surface area (Å²) in [4.78, 5) is 10.6. The van der Waals surface area contributed by atoms with Crippen LogP contribution in [0.4, 0.5) is 0 Å². The molecule has 0 saturated heterocycles. The van der Waals surface area contributed by atoms with Gasteiger partial charge in [0.1, 0.15) is 6.04 Å². The summed E-state index contributed by atoms with van der Waals surface area (Å²) in [5.41, 5.74) is 0.822. The van der Waals surface area contributed by atoms with Gasteiger partial charge >= 0.3 is 5.97 Å². The normalized spacial score (nSPS) is 13.3. The van der Waals surface area contributed by atoms with Crippen LogP contribution in [-0.2, 0) is 14.8 Å². The number of aliphatic hydroxyl groups excluding tert-OH is 1. The molecule has 6 nitrogen and oxygen atoms in total. The summed E-state index contributed by atoms with van der Waals surface area (Å²) in [7, 11) is -4.05. The second-order valence-electron chi connectivity index (χ2n) is 3.73. The molecule has 1 rings (SSSR count). The van der Waals surface area contributed by atoms with Crippen molar-refractivity contribution in [3.63, 3.8) is 0 Å². The van der Waals surface area contributed by atoms with Crippen molar-refractivity contribution < 1.29 is 23.4 Å². The minimum atomic E-state index is -4.05. The highest BCUT2D eigenvalue weighted by molar-refractivity contribution is 9.11. The fourth-order valence-electron chi connectivity index (χ4n) is 1.25. The van der Waals surface area contributed by atoms with E-state index in [-0.39, 0.29) is 4.90 Å². The van der Waals surface area contributed by atoms with Crippen LogP contribution >= 0.6 is 31.9 Å². The number of carbonyl (C=O) groups is 1. The lowest BCUT2D eigenvalue weighted by Crippen LogP contribution is -2.43. The van der Waals surface area contributed by atoms with Gasteiger partial charge in [0.25, 0.3) is 0 Å². The van der Waals surface area contributed by atoms with E-state index in [4.69, 9.17) is 10.2 Å². The van der Waals surface area contributed by atoms with Gasteiger partial charge in [-0.15, -0.1) is 0 Å². The van der Waals surface area contributed by atoms with Gasteiger partial charge in [0.2, 0.25) is 10.0 Å². The number of aryl methyl sites for hydroxylation is 1. The van der Waals surface area contributed by atoms with Gasteiger partial charge in [-0.1, -0.05) is 15.9 Å². The van der Waals surface area contributed by atoms with Crippen LogP contribution in [0.3, 0.4) is 0 Å². The molecule has 0 spiro atoms. The number of aliphatic hydroxyl groups is 1. The molecule has 1 aromatic carbocycles. The maximum atomic E-state index is 12.1. The van der Waals surface area contributed by atoms with Crippen LogP contribution in [0.2, 0.25) is 0 Å². The first-order chi connectivity index (χ1) is 8.69. The highest BCUT2D eigenvalue weighted by atomic mass is 79.9. The van der Waals surface area contributed by atoms with E-state index >= 15 is 0 Å². The maximum Gasteiger partial charge on any atom is 0.324 e. The lowest BCUT2D eigenvalue weighted by atomic mass is 10.2. The monoisotopic (exact) mass is 415 g/mol. The Bertz CT molecular complexity index is 602. The number of aliphatic carboxylic acids is 1. The Morgan fingerprint density at radius 1 is 1.37 bits per heavy atom. The van der Waals surface area contributed by atoms with Gasteiger partial charge < -0.3 is 10.2 Å². The Balaban J connectivity index is 3.21. The van der Waals surface area contributed by atoms with Crippen molar-refractivity contribution in [3.05, 3.63) is 26.6 Å².